The summed E-state index contributed by atoms with van der Waals surface area (Å²) in [4.78, 5) is 11.6. The minimum atomic E-state index is 0.149. The Balaban J connectivity index is 2.30. The summed E-state index contributed by atoms with van der Waals surface area (Å²) in [5, 5.41) is 6.20. The van der Waals surface area contributed by atoms with Crippen LogP contribution in [0.3, 0.4) is 0 Å². The highest BCUT2D eigenvalue weighted by Gasteiger charge is 2.20. The monoisotopic (exact) mass is 212 g/mol. The fourth-order valence-corrected chi connectivity index (χ4v) is 2.20. The van der Waals surface area contributed by atoms with Crippen molar-refractivity contribution in [1.29, 1.82) is 0 Å². The topological polar surface area (TPSA) is 41.1 Å². The lowest BCUT2D eigenvalue weighted by Gasteiger charge is -2.22. The van der Waals surface area contributed by atoms with Crippen molar-refractivity contribution in [3.05, 3.63) is 0 Å². The summed E-state index contributed by atoms with van der Waals surface area (Å²) in [5.41, 5.74) is 0. The first-order valence-electron chi connectivity index (χ1n) is 6.24. The molecule has 0 radical (unpaired) electrons. The number of likely N-dealkylation sites (N-methyl/N-ethyl adjacent to an activating group) is 1. The van der Waals surface area contributed by atoms with Gasteiger partial charge in [0.05, 0.1) is 6.54 Å². The standard InChI is InChI=1S/C12H24N2O/c1-3-13-9-12(15)14-11-8-6-4-5-7-10(11)2/h10-11,13H,3-9H2,1-2H3,(H,14,15). The Hall–Kier alpha value is -0.570. The number of nitrogens with one attached hydrogen (secondary N) is 2. The molecule has 0 aromatic rings. The molecule has 0 spiro atoms. The maximum atomic E-state index is 11.6. The molecule has 2 unspecified atom stereocenters. The average molecular weight is 212 g/mol. The van der Waals surface area contributed by atoms with Gasteiger partial charge in [-0.15, -0.1) is 0 Å². The van der Waals surface area contributed by atoms with Crippen molar-refractivity contribution in [3.8, 4) is 0 Å². The number of amides is 1. The Labute approximate surface area is 93.0 Å². The Kier molecular flexibility index (Phi) is 5.69. The molecular formula is C12H24N2O. The van der Waals surface area contributed by atoms with E-state index in [1.54, 1.807) is 0 Å². The van der Waals surface area contributed by atoms with Crippen LogP contribution in [0.25, 0.3) is 0 Å². The highest BCUT2D eigenvalue weighted by Crippen LogP contribution is 2.22. The van der Waals surface area contributed by atoms with E-state index in [9.17, 15) is 4.79 Å². The average Bonchev–Trinajstić information content (AvgIpc) is 2.42. The maximum absolute atomic E-state index is 11.6. The second-order valence-electron chi connectivity index (χ2n) is 4.57. The lowest BCUT2D eigenvalue weighted by atomic mass is 9.97. The Bertz CT molecular complexity index is 194. The van der Waals surface area contributed by atoms with Crippen LogP contribution in [0, 0.1) is 5.92 Å². The molecule has 0 aliphatic heterocycles. The van der Waals surface area contributed by atoms with Crippen molar-refractivity contribution < 1.29 is 4.79 Å². The number of rotatable bonds is 4. The van der Waals surface area contributed by atoms with E-state index in [1.807, 2.05) is 6.92 Å². The third kappa shape index (κ3) is 4.65. The molecule has 1 aliphatic rings. The zero-order chi connectivity index (χ0) is 11.1. The fourth-order valence-electron chi connectivity index (χ4n) is 2.20. The van der Waals surface area contributed by atoms with E-state index in [0.29, 0.717) is 18.5 Å². The Morgan fingerprint density at radius 3 is 2.73 bits per heavy atom. The van der Waals surface area contributed by atoms with Crippen molar-refractivity contribution in [2.75, 3.05) is 13.1 Å². The molecule has 3 nitrogen and oxygen atoms in total. The van der Waals surface area contributed by atoms with Crippen LogP contribution in [0.5, 0.6) is 0 Å². The van der Waals surface area contributed by atoms with Crippen LogP contribution < -0.4 is 10.6 Å². The van der Waals surface area contributed by atoms with Gasteiger partial charge in [0.1, 0.15) is 0 Å². The van der Waals surface area contributed by atoms with Crippen molar-refractivity contribution in [1.82, 2.24) is 10.6 Å². The van der Waals surface area contributed by atoms with E-state index in [2.05, 4.69) is 17.6 Å². The Morgan fingerprint density at radius 2 is 2.00 bits per heavy atom. The van der Waals surface area contributed by atoms with E-state index in [-0.39, 0.29) is 5.91 Å². The molecular weight excluding hydrogens is 188 g/mol. The van der Waals surface area contributed by atoms with Crippen molar-refractivity contribution in [3.63, 3.8) is 0 Å². The molecule has 0 saturated heterocycles. The van der Waals surface area contributed by atoms with Crippen LogP contribution in [-0.4, -0.2) is 25.0 Å². The second-order valence-corrected chi connectivity index (χ2v) is 4.57. The molecule has 0 bridgehead atoms. The highest BCUT2D eigenvalue weighted by atomic mass is 16.1. The number of hydrogen-bond acceptors (Lipinski definition) is 2. The molecule has 3 heteroatoms. The molecule has 0 heterocycles. The number of hydrogen-bond donors (Lipinski definition) is 2. The number of carbonyl (C=O) groups is 1. The summed E-state index contributed by atoms with van der Waals surface area (Å²) in [6.45, 7) is 5.58. The summed E-state index contributed by atoms with van der Waals surface area (Å²) < 4.78 is 0. The summed E-state index contributed by atoms with van der Waals surface area (Å²) in [5.74, 6) is 0.786. The van der Waals surface area contributed by atoms with Crippen LogP contribution in [-0.2, 0) is 4.79 Å². The van der Waals surface area contributed by atoms with Crippen LogP contribution in [0.2, 0.25) is 0 Å². The zero-order valence-corrected chi connectivity index (χ0v) is 10.0. The molecule has 2 atom stereocenters. The van der Waals surface area contributed by atoms with Gasteiger partial charge >= 0.3 is 0 Å². The van der Waals surface area contributed by atoms with Crippen LogP contribution in [0.4, 0.5) is 0 Å². The van der Waals surface area contributed by atoms with Gasteiger partial charge in [-0.25, -0.2) is 0 Å². The van der Waals surface area contributed by atoms with Gasteiger partial charge in [-0.1, -0.05) is 33.1 Å². The third-order valence-electron chi connectivity index (χ3n) is 3.24. The van der Waals surface area contributed by atoms with E-state index in [4.69, 9.17) is 0 Å². The largest absolute Gasteiger partial charge is 0.352 e. The van der Waals surface area contributed by atoms with Crippen LogP contribution in [0.1, 0.15) is 46.0 Å². The SMILES string of the molecule is CCNCC(=O)NC1CCCCCC1C. The third-order valence-corrected chi connectivity index (χ3v) is 3.24. The molecule has 15 heavy (non-hydrogen) atoms. The van der Waals surface area contributed by atoms with Gasteiger partial charge in [-0.2, -0.15) is 0 Å². The van der Waals surface area contributed by atoms with Crippen LogP contribution in [0.15, 0.2) is 0 Å². The predicted octanol–water partition coefficient (Wildman–Crippen LogP) is 1.68. The van der Waals surface area contributed by atoms with E-state index < -0.39 is 0 Å². The fraction of sp³-hybridized carbons (Fsp3) is 0.917. The summed E-state index contributed by atoms with van der Waals surface area (Å²) in [6.07, 6.45) is 6.31. The highest BCUT2D eigenvalue weighted by molar-refractivity contribution is 5.78. The molecule has 1 fully saturated rings. The molecule has 88 valence electrons. The van der Waals surface area contributed by atoms with Crippen molar-refractivity contribution in [2.24, 2.45) is 5.92 Å². The molecule has 2 N–H and O–H groups in total. The van der Waals surface area contributed by atoms with E-state index in [1.165, 1.54) is 25.7 Å². The van der Waals surface area contributed by atoms with Gasteiger partial charge < -0.3 is 10.6 Å². The normalized spacial score (nSPS) is 27.1. The van der Waals surface area contributed by atoms with Crippen molar-refractivity contribution >= 4 is 5.91 Å². The molecule has 1 amide bonds. The molecule has 1 saturated carbocycles. The van der Waals surface area contributed by atoms with Crippen molar-refractivity contribution in [2.45, 2.75) is 52.0 Å². The minimum absolute atomic E-state index is 0.149. The Morgan fingerprint density at radius 1 is 1.27 bits per heavy atom. The minimum Gasteiger partial charge on any atom is -0.352 e. The van der Waals surface area contributed by atoms with Gasteiger partial charge in [-0.05, 0) is 25.3 Å². The quantitative estimate of drug-likeness (QED) is 0.696. The zero-order valence-electron chi connectivity index (χ0n) is 10.0. The molecule has 1 rings (SSSR count). The summed E-state index contributed by atoms with van der Waals surface area (Å²) >= 11 is 0. The summed E-state index contributed by atoms with van der Waals surface area (Å²) in [7, 11) is 0. The van der Waals surface area contributed by atoms with Gasteiger partial charge in [-0.3, -0.25) is 4.79 Å². The van der Waals surface area contributed by atoms with E-state index in [0.717, 1.165) is 13.0 Å². The van der Waals surface area contributed by atoms with Crippen LogP contribution >= 0.6 is 0 Å². The van der Waals surface area contributed by atoms with Gasteiger partial charge in [0.2, 0.25) is 5.91 Å². The molecule has 1 aliphatic carbocycles. The maximum Gasteiger partial charge on any atom is 0.234 e. The first-order chi connectivity index (χ1) is 7.24. The smallest absolute Gasteiger partial charge is 0.234 e. The van der Waals surface area contributed by atoms with Gasteiger partial charge in [0, 0.05) is 6.04 Å². The first kappa shape index (κ1) is 12.5. The lowest BCUT2D eigenvalue weighted by Crippen LogP contribution is -2.43. The molecule has 0 aromatic carbocycles. The first-order valence-corrected chi connectivity index (χ1v) is 6.24. The predicted molar refractivity (Wildman–Crippen MR) is 62.7 cm³/mol. The van der Waals surface area contributed by atoms with Gasteiger partial charge in [0.25, 0.3) is 0 Å². The summed E-state index contributed by atoms with van der Waals surface area (Å²) in [6, 6.07) is 0.402. The number of carbonyl (C=O) groups excluding carboxylic acids is 1. The lowest BCUT2D eigenvalue weighted by molar-refractivity contribution is -0.121. The van der Waals surface area contributed by atoms with Gasteiger partial charge in [0.15, 0.2) is 0 Å². The second kappa shape index (κ2) is 6.83. The molecule has 0 aromatic heterocycles. The van der Waals surface area contributed by atoms with E-state index >= 15 is 0 Å².